The molecule has 0 aliphatic heterocycles. The molecule has 1 aromatic carbocycles. The van der Waals surface area contributed by atoms with Gasteiger partial charge >= 0.3 is 0 Å². The first-order valence-corrected chi connectivity index (χ1v) is 4.83. The molecule has 0 spiro atoms. The maximum absolute atomic E-state index is 10.3. The number of methoxy groups -OCH3 is 1. The molecule has 0 N–H and O–H groups in total. The van der Waals surface area contributed by atoms with Crippen molar-refractivity contribution in [1.82, 2.24) is 0 Å². The smallest absolute Gasteiger partial charge is 0.137 e. The van der Waals surface area contributed by atoms with Gasteiger partial charge in [-0.1, -0.05) is 17.7 Å². The minimum absolute atomic E-state index is 0.492. The second-order valence-corrected chi connectivity index (χ2v) is 3.52. The van der Waals surface area contributed by atoms with Gasteiger partial charge in [0.1, 0.15) is 12.0 Å². The fourth-order valence-corrected chi connectivity index (χ4v) is 1.63. The molecule has 0 amide bonds. The molecular formula is C11H13ClO2. The lowest BCUT2D eigenvalue weighted by Gasteiger charge is -2.09. The van der Waals surface area contributed by atoms with Crippen LogP contribution >= 0.6 is 11.6 Å². The van der Waals surface area contributed by atoms with Crippen molar-refractivity contribution in [2.45, 2.75) is 19.8 Å². The van der Waals surface area contributed by atoms with Gasteiger partial charge in [0, 0.05) is 6.42 Å². The number of aryl methyl sites for hydroxylation is 2. The summed E-state index contributed by atoms with van der Waals surface area (Å²) in [6.45, 7) is 1.98. The number of halogens is 1. The summed E-state index contributed by atoms with van der Waals surface area (Å²) < 4.78 is 5.13. The molecule has 0 radical (unpaired) electrons. The van der Waals surface area contributed by atoms with Gasteiger partial charge in [0.05, 0.1) is 12.1 Å². The highest BCUT2D eigenvalue weighted by atomic mass is 35.5. The van der Waals surface area contributed by atoms with Crippen molar-refractivity contribution in [3.63, 3.8) is 0 Å². The first-order chi connectivity index (χ1) is 6.69. The van der Waals surface area contributed by atoms with Gasteiger partial charge in [-0.15, -0.1) is 0 Å². The Bertz CT molecular complexity index is 334. The van der Waals surface area contributed by atoms with Gasteiger partial charge in [-0.3, -0.25) is 0 Å². The lowest BCUT2D eigenvalue weighted by molar-refractivity contribution is -0.107. The van der Waals surface area contributed by atoms with E-state index in [1.165, 1.54) is 0 Å². The van der Waals surface area contributed by atoms with E-state index in [0.717, 1.165) is 17.4 Å². The van der Waals surface area contributed by atoms with E-state index in [2.05, 4.69) is 0 Å². The number of benzene rings is 1. The van der Waals surface area contributed by atoms with Crippen LogP contribution in [0.25, 0.3) is 0 Å². The Balaban J connectivity index is 3.02. The van der Waals surface area contributed by atoms with E-state index in [4.69, 9.17) is 16.3 Å². The normalized spacial score (nSPS) is 9.93. The van der Waals surface area contributed by atoms with Gasteiger partial charge in [0.2, 0.25) is 0 Å². The van der Waals surface area contributed by atoms with Crippen LogP contribution in [0, 0.1) is 6.92 Å². The van der Waals surface area contributed by atoms with Gasteiger partial charge in [0.25, 0.3) is 0 Å². The van der Waals surface area contributed by atoms with Gasteiger partial charge in [-0.2, -0.15) is 0 Å². The van der Waals surface area contributed by atoms with Crippen LogP contribution in [0.15, 0.2) is 12.1 Å². The van der Waals surface area contributed by atoms with Crippen molar-refractivity contribution in [2.24, 2.45) is 0 Å². The third-order valence-electron chi connectivity index (χ3n) is 2.01. The zero-order valence-electron chi connectivity index (χ0n) is 8.34. The Morgan fingerprint density at radius 1 is 1.50 bits per heavy atom. The van der Waals surface area contributed by atoms with Crippen LogP contribution in [0.2, 0.25) is 5.02 Å². The first kappa shape index (κ1) is 11.1. The number of carbonyl (C=O) groups is 1. The Hall–Kier alpha value is -1.02. The van der Waals surface area contributed by atoms with Gasteiger partial charge < -0.3 is 9.53 Å². The third-order valence-corrected chi connectivity index (χ3v) is 2.44. The van der Waals surface area contributed by atoms with Crippen molar-refractivity contribution in [1.29, 1.82) is 0 Å². The molecule has 0 atom stereocenters. The molecule has 3 heteroatoms. The van der Waals surface area contributed by atoms with E-state index in [-0.39, 0.29) is 0 Å². The number of hydrogen-bond donors (Lipinski definition) is 0. The largest absolute Gasteiger partial charge is 0.495 e. The van der Waals surface area contributed by atoms with Crippen molar-refractivity contribution in [2.75, 3.05) is 7.11 Å². The number of hydrogen-bond acceptors (Lipinski definition) is 2. The maximum Gasteiger partial charge on any atom is 0.137 e. The van der Waals surface area contributed by atoms with Crippen LogP contribution in [0.4, 0.5) is 0 Å². The molecule has 0 aromatic heterocycles. The summed E-state index contributed by atoms with van der Waals surface area (Å²) in [5.74, 6) is 0.674. The highest BCUT2D eigenvalue weighted by Crippen LogP contribution is 2.30. The number of aldehydes is 1. The molecular weight excluding hydrogens is 200 g/mol. The van der Waals surface area contributed by atoms with Crippen LogP contribution in [-0.2, 0) is 11.2 Å². The van der Waals surface area contributed by atoms with Crippen LogP contribution in [0.1, 0.15) is 17.5 Å². The summed E-state index contributed by atoms with van der Waals surface area (Å²) >= 11 is 6.08. The molecule has 0 heterocycles. The van der Waals surface area contributed by atoms with Gasteiger partial charge in [0.15, 0.2) is 0 Å². The lowest BCUT2D eigenvalue weighted by Crippen LogP contribution is -1.93. The Kier molecular flexibility index (Phi) is 3.96. The Morgan fingerprint density at radius 2 is 2.21 bits per heavy atom. The SMILES string of the molecule is COc1cc(C)cc(CCC=O)c1Cl. The van der Waals surface area contributed by atoms with Crippen molar-refractivity contribution in [3.8, 4) is 5.75 Å². The van der Waals surface area contributed by atoms with Crippen LogP contribution in [0.3, 0.4) is 0 Å². The molecule has 0 unspecified atom stereocenters. The number of carbonyl (C=O) groups excluding carboxylic acids is 1. The molecule has 1 aromatic rings. The maximum atomic E-state index is 10.3. The van der Waals surface area contributed by atoms with Crippen LogP contribution in [-0.4, -0.2) is 13.4 Å². The summed E-state index contributed by atoms with van der Waals surface area (Å²) in [4.78, 5) is 10.3. The minimum atomic E-state index is 0.492. The van der Waals surface area contributed by atoms with Crippen LogP contribution < -0.4 is 4.74 Å². The van der Waals surface area contributed by atoms with E-state index >= 15 is 0 Å². The van der Waals surface area contributed by atoms with E-state index in [1.807, 2.05) is 19.1 Å². The predicted molar refractivity (Wildman–Crippen MR) is 57.1 cm³/mol. The molecule has 0 aliphatic carbocycles. The zero-order valence-corrected chi connectivity index (χ0v) is 9.10. The van der Waals surface area contributed by atoms with Gasteiger partial charge in [-0.05, 0) is 30.5 Å². The molecule has 2 nitrogen and oxygen atoms in total. The lowest BCUT2D eigenvalue weighted by atomic mass is 10.1. The van der Waals surface area contributed by atoms with Crippen molar-refractivity contribution >= 4 is 17.9 Å². The van der Waals surface area contributed by atoms with E-state index in [0.29, 0.717) is 23.6 Å². The summed E-state index contributed by atoms with van der Waals surface area (Å²) in [6.07, 6.45) is 2.05. The molecule has 0 saturated heterocycles. The Morgan fingerprint density at radius 3 is 2.79 bits per heavy atom. The monoisotopic (exact) mass is 212 g/mol. The number of ether oxygens (including phenoxy) is 1. The average molecular weight is 213 g/mol. The standard InChI is InChI=1S/C11H13ClO2/c1-8-6-9(4-3-5-13)11(12)10(7-8)14-2/h5-7H,3-4H2,1-2H3. The van der Waals surface area contributed by atoms with E-state index < -0.39 is 0 Å². The van der Waals surface area contributed by atoms with Crippen LogP contribution in [0.5, 0.6) is 5.75 Å². The predicted octanol–water partition coefficient (Wildman–Crippen LogP) is 2.79. The first-order valence-electron chi connectivity index (χ1n) is 4.45. The number of rotatable bonds is 4. The average Bonchev–Trinajstić information content (AvgIpc) is 2.18. The summed E-state index contributed by atoms with van der Waals surface area (Å²) in [5.41, 5.74) is 2.06. The molecule has 0 aliphatic rings. The molecule has 0 saturated carbocycles. The zero-order chi connectivity index (χ0) is 10.6. The minimum Gasteiger partial charge on any atom is -0.495 e. The highest BCUT2D eigenvalue weighted by Gasteiger charge is 2.07. The molecule has 1 rings (SSSR count). The summed E-state index contributed by atoms with van der Waals surface area (Å²) in [6, 6.07) is 3.86. The van der Waals surface area contributed by atoms with E-state index in [1.54, 1.807) is 7.11 Å². The summed E-state index contributed by atoms with van der Waals surface area (Å²) in [5, 5.41) is 0.611. The quantitative estimate of drug-likeness (QED) is 0.718. The van der Waals surface area contributed by atoms with Crippen molar-refractivity contribution < 1.29 is 9.53 Å². The van der Waals surface area contributed by atoms with Crippen molar-refractivity contribution in [3.05, 3.63) is 28.3 Å². The second kappa shape index (κ2) is 5.01. The molecule has 0 fully saturated rings. The van der Waals surface area contributed by atoms with Gasteiger partial charge in [-0.25, -0.2) is 0 Å². The third kappa shape index (κ3) is 2.48. The summed E-state index contributed by atoms with van der Waals surface area (Å²) in [7, 11) is 1.59. The van der Waals surface area contributed by atoms with E-state index in [9.17, 15) is 4.79 Å². The highest BCUT2D eigenvalue weighted by molar-refractivity contribution is 6.32. The molecule has 0 bridgehead atoms. The second-order valence-electron chi connectivity index (χ2n) is 3.15. The fourth-order valence-electron chi connectivity index (χ4n) is 1.35. The molecule has 14 heavy (non-hydrogen) atoms. The topological polar surface area (TPSA) is 26.3 Å². The molecule has 76 valence electrons. The Labute approximate surface area is 88.8 Å². The fraction of sp³-hybridized carbons (Fsp3) is 0.364.